The highest BCUT2D eigenvalue weighted by Gasteiger charge is 2.39. The molecule has 0 saturated carbocycles. The Bertz CT molecular complexity index is 312. The molecular weight excluding hydrogens is 222 g/mol. The number of nitrogens with one attached hydrogen (secondary N) is 1. The fourth-order valence-corrected chi connectivity index (χ4v) is 1.81. The summed E-state index contributed by atoms with van der Waals surface area (Å²) >= 11 is 0. The van der Waals surface area contributed by atoms with E-state index in [0.29, 0.717) is 13.0 Å². The van der Waals surface area contributed by atoms with Crippen LogP contribution >= 0.6 is 0 Å². The summed E-state index contributed by atoms with van der Waals surface area (Å²) in [6.07, 6.45) is -0.0158. The standard InChI is InChI=1S/C11H21N3O3/c1-11(2,3)17-10(16)14-6-7(12)5-8(14)9(15)13-4/h7-8H,5-6,12H2,1-4H3,(H,13,15)/t7-,8-/m0/s1. The molecule has 0 spiro atoms. The van der Waals surface area contributed by atoms with E-state index < -0.39 is 17.7 Å². The van der Waals surface area contributed by atoms with Gasteiger partial charge >= 0.3 is 6.09 Å². The lowest BCUT2D eigenvalue weighted by molar-refractivity contribution is -0.124. The van der Waals surface area contributed by atoms with Gasteiger partial charge in [0.05, 0.1) is 0 Å². The highest BCUT2D eigenvalue weighted by atomic mass is 16.6. The van der Waals surface area contributed by atoms with Crippen molar-refractivity contribution in [1.82, 2.24) is 10.2 Å². The van der Waals surface area contributed by atoms with Crippen molar-refractivity contribution in [2.24, 2.45) is 5.73 Å². The first-order valence-corrected chi connectivity index (χ1v) is 5.71. The lowest BCUT2D eigenvalue weighted by atomic mass is 10.1. The number of nitrogens with zero attached hydrogens (tertiary/aromatic N) is 1. The second kappa shape index (κ2) is 4.91. The molecule has 6 heteroatoms. The second-order valence-corrected chi connectivity index (χ2v) is 5.26. The van der Waals surface area contributed by atoms with Crippen molar-refractivity contribution < 1.29 is 14.3 Å². The zero-order valence-corrected chi connectivity index (χ0v) is 10.8. The van der Waals surface area contributed by atoms with Crippen molar-refractivity contribution in [3.05, 3.63) is 0 Å². The third-order valence-electron chi connectivity index (χ3n) is 2.51. The number of carbonyl (C=O) groups excluding carboxylic acids is 2. The maximum absolute atomic E-state index is 11.9. The Labute approximate surface area is 101 Å². The van der Waals surface area contributed by atoms with E-state index in [2.05, 4.69) is 5.32 Å². The molecule has 0 unspecified atom stereocenters. The van der Waals surface area contributed by atoms with Crippen molar-refractivity contribution in [3.8, 4) is 0 Å². The average Bonchev–Trinajstić information content (AvgIpc) is 2.56. The summed E-state index contributed by atoms with van der Waals surface area (Å²) < 4.78 is 5.25. The number of ether oxygens (including phenoxy) is 1. The number of hydrogen-bond acceptors (Lipinski definition) is 4. The van der Waals surface area contributed by atoms with Gasteiger partial charge in [0.15, 0.2) is 0 Å². The lowest BCUT2D eigenvalue weighted by Crippen LogP contribution is -2.46. The van der Waals surface area contributed by atoms with Crippen LogP contribution in [0.3, 0.4) is 0 Å². The molecule has 0 aromatic heterocycles. The van der Waals surface area contributed by atoms with E-state index in [4.69, 9.17) is 10.5 Å². The van der Waals surface area contributed by atoms with Crippen LogP contribution in [-0.4, -0.2) is 48.2 Å². The number of likely N-dealkylation sites (tertiary alicyclic amines) is 1. The molecule has 0 aromatic rings. The molecule has 1 fully saturated rings. The Morgan fingerprint density at radius 1 is 1.41 bits per heavy atom. The number of hydrogen-bond donors (Lipinski definition) is 2. The Morgan fingerprint density at radius 2 is 2.00 bits per heavy atom. The largest absolute Gasteiger partial charge is 0.444 e. The van der Waals surface area contributed by atoms with Gasteiger partial charge in [-0.3, -0.25) is 9.69 Å². The van der Waals surface area contributed by atoms with Crippen molar-refractivity contribution >= 4 is 12.0 Å². The Hall–Kier alpha value is -1.30. The van der Waals surface area contributed by atoms with E-state index in [0.717, 1.165) is 0 Å². The third-order valence-corrected chi connectivity index (χ3v) is 2.51. The van der Waals surface area contributed by atoms with Crippen LogP contribution < -0.4 is 11.1 Å². The van der Waals surface area contributed by atoms with E-state index in [1.165, 1.54) is 4.90 Å². The number of amides is 2. The smallest absolute Gasteiger partial charge is 0.411 e. The zero-order chi connectivity index (χ0) is 13.2. The monoisotopic (exact) mass is 243 g/mol. The first kappa shape index (κ1) is 13.8. The van der Waals surface area contributed by atoms with Gasteiger partial charge in [-0.2, -0.15) is 0 Å². The van der Waals surface area contributed by atoms with E-state index in [9.17, 15) is 9.59 Å². The number of nitrogens with two attached hydrogens (primary N) is 1. The Kier molecular flexibility index (Phi) is 3.98. The van der Waals surface area contributed by atoms with Crippen LogP contribution in [0.4, 0.5) is 4.79 Å². The van der Waals surface area contributed by atoms with Crippen molar-refractivity contribution in [2.45, 2.75) is 44.9 Å². The normalized spacial score (nSPS) is 24.6. The molecule has 1 aliphatic heterocycles. The molecule has 0 aromatic carbocycles. The van der Waals surface area contributed by atoms with Gasteiger partial charge in [0.2, 0.25) is 5.91 Å². The maximum Gasteiger partial charge on any atom is 0.411 e. The highest BCUT2D eigenvalue weighted by Crippen LogP contribution is 2.20. The first-order chi connectivity index (χ1) is 7.74. The van der Waals surface area contributed by atoms with Crippen molar-refractivity contribution in [3.63, 3.8) is 0 Å². The van der Waals surface area contributed by atoms with E-state index in [-0.39, 0.29) is 11.9 Å². The van der Waals surface area contributed by atoms with Crippen LogP contribution in [0.25, 0.3) is 0 Å². The minimum atomic E-state index is -0.572. The predicted octanol–water partition coefficient (Wildman–Crippen LogP) is 0.0691. The summed E-state index contributed by atoms with van der Waals surface area (Å²) in [5.74, 6) is -0.205. The summed E-state index contributed by atoms with van der Waals surface area (Å²) in [6, 6.07) is -0.699. The molecule has 0 bridgehead atoms. The summed E-state index contributed by atoms with van der Waals surface area (Å²) in [5, 5.41) is 2.53. The van der Waals surface area contributed by atoms with Crippen LogP contribution in [-0.2, 0) is 9.53 Å². The second-order valence-electron chi connectivity index (χ2n) is 5.26. The quantitative estimate of drug-likeness (QED) is 0.682. The Balaban J connectivity index is 2.73. The van der Waals surface area contributed by atoms with Gasteiger partial charge in [0.1, 0.15) is 11.6 Å². The van der Waals surface area contributed by atoms with Gasteiger partial charge in [-0.05, 0) is 27.2 Å². The number of carbonyl (C=O) groups is 2. The molecule has 3 N–H and O–H groups in total. The SMILES string of the molecule is CNC(=O)[C@@H]1C[C@H](N)CN1C(=O)OC(C)(C)C. The predicted molar refractivity (Wildman–Crippen MR) is 63.4 cm³/mol. The van der Waals surface area contributed by atoms with Gasteiger partial charge in [0.25, 0.3) is 0 Å². The molecule has 2 amide bonds. The van der Waals surface area contributed by atoms with E-state index in [1.54, 1.807) is 27.8 Å². The molecule has 0 radical (unpaired) electrons. The lowest BCUT2D eigenvalue weighted by Gasteiger charge is -2.27. The third kappa shape index (κ3) is 3.59. The fourth-order valence-electron chi connectivity index (χ4n) is 1.81. The molecule has 2 atom stereocenters. The van der Waals surface area contributed by atoms with Gasteiger partial charge in [-0.25, -0.2) is 4.79 Å². The van der Waals surface area contributed by atoms with Gasteiger partial charge in [-0.15, -0.1) is 0 Å². The molecule has 1 saturated heterocycles. The van der Waals surface area contributed by atoms with Crippen LogP contribution in [0, 0.1) is 0 Å². The average molecular weight is 243 g/mol. The van der Waals surface area contributed by atoms with Gasteiger partial charge in [0, 0.05) is 19.6 Å². The molecule has 1 heterocycles. The first-order valence-electron chi connectivity index (χ1n) is 5.71. The minimum absolute atomic E-state index is 0.176. The highest BCUT2D eigenvalue weighted by molar-refractivity contribution is 5.86. The zero-order valence-electron chi connectivity index (χ0n) is 10.8. The van der Waals surface area contributed by atoms with Crippen LogP contribution in [0.15, 0.2) is 0 Å². The molecule has 0 aliphatic carbocycles. The summed E-state index contributed by atoms with van der Waals surface area (Å²) in [6.45, 7) is 5.72. The molecule has 17 heavy (non-hydrogen) atoms. The van der Waals surface area contributed by atoms with Crippen molar-refractivity contribution in [1.29, 1.82) is 0 Å². The summed E-state index contributed by atoms with van der Waals surface area (Å²) in [4.78, 5) is 24.9. The molecule has 1 aliphatic rings. The maximum atomic E-state index is 11.9. The Morgan fingerprint density at radius 3 is 2.47 bits per heavy atom. The van der Waals surface area contributed by atoms with Crippen LogP contribution in [0.5, 0.6) is 0 Å². The fraction of sp³-hybridized carbons (Fsp3) is 0.818. The topological polar surface area (TPSA) is 84.7 Å². The van der Waals surface area contributed by atoms with Gasteiger partial charge in [-0.1, -0.05) is 0 Å². The summed E-state index contributed by atoms with van der Waals surface area (Å²) in [7, 11) is 1.54. The molecular formula is C11H21N3O3. The van der Waals surface area contributed by atoms with Gasteiger partial charge < -0.3 is 15.8 Å². The molecule has 6 nitrogen and oxygen atoms in total. The van der Waals surface area contributed by atoms with E-state index >= 15 is 0 Å². The number of rotatable bonds is 1. The van der Waals surface area contributed by atoms with Crippen LogP contribution in [0.1, 0.15) is 27.2 Å². The molecule has 1 rings (SSSR count). The van der Waals surface area contributed by atoms with E-state index in [1.807, 2.05) is 0 Å². The molecule has 98 valence electrons. The minimum Gasteiger partial charge on any atom is -0.444 e. The van der Waals surface area contributed by atoms with Crippen molar-refractivity contribution in [2.75, 3.05) is 13.6 Å². The summed E-state index contributed by atoms with van der Waals surface area (Å²) in [5.41, 5.74) is 5.21. The number of likely N-dealkylation sites (N-methyl/N-ethyl adjacent to an activating group) is 1. The van der Waals surface area contributed by atoms with Crippen LogP contribution in [0.2, 0.25) is 0 Å².